The smallest absolute Gasteiger partial charge is 0.408 e. The molecule has 25 heavy (non-hydrogen) atoms. The van der Waals surface area contributed by atoms with Crippen molar-refractivity contribution in [3.8, 4) is 0 Å². The molecule has 5 nitrogen and oxygen atoms in total. The number of carbonyl (C=O) groups is 2. The Morgan fingerprint density at radius 2 is 1.64 bits per heavy atom. The van der Waals surface area contributed by atoms with Crippen LogP contribution in [0.5, 0.6) is 0 Å². The summed E-state index contributed by atoms with van der Waals surface area (Å²) >= 11 is 0. The molecule has 0 fully saturated rings. The Balaban J connectivity index is 4.75. The van der Waals surface area contributed by atoms with E-state index in [0.29, 0.717) is 31.8 Å². The summed E-state index contributed by atoms with van der Waals surface area (Å²) in [6.07, 6.45) is 2.25. The highest BCUT2D eigenvalue weighted by molar-refractivity contribution is 5.81. The summed E-state index contributed by atoms with van der Waals surface area (Å²) in [4.78, 5) is 24.3. The van der Waals surface area contributed by atoms with E-state index in [1.54, 1.807) is 20.8 Å². The van der Waals surface area contributed by atoms with E-state index in [0.717, 1.165) is 12.8 Å². The first kappa shape index (κ1) is 23.7. The average molecular weight is 361 g/mol. The Labute approximate surface area is 152 Å². The monoisotopic (exact) mass is 361 g/mol. The van der Waals surface area contributed by atoms with Crippen LogP contribution in [0.15, 0.2) is 0 Å². The Morgan fingerprint density at radius 1 is 1.08 bits per heavy atom. The number of hydrogen-bond acceptors (Lipinski definition) is 4. The fourth-order valence-electron chi connectivity index (χ4n) is 2.25. The van der Waals surface area contributed by atoms with Crippen LogP contribution in [0, 0.1) is 5.92 Å². The lowest BCUT2D eigenvalue weighted by atomic mass is 10.0. The third-order valence-corrected chi connectivity index (χ3v) is 3.86. The van der Waals surface area contributed by atoms with Gasteiger partial charge in [-0.15, -0.1) is 0 Å². The standard InChI is InChI=1S/C19H36FNO4/c1-8-14(9-2)13-24-16(22)15(11-10-12-19(6,7)20)21-17(23)25-18(3,4)5/h14-15H,8-13H2,1-7H3,(H,21,23)/t15-/m0/s1. The van der Waals surface area contributed by atoms with Crippen LogP contribution >= 0.6 is 0 Å². The highest BCUT2D eigenvalue weighted by atomic mass is 19.1. The van der Waals surface area contributed by atoms with E-state index in [1.807, 2.05) is 13.8 Å². The molecule has 0 bridgehead atoms. The number of hydrogen-bond donors (Lipinski definition) is 1. The zero-order valence-electron chi connectivity index (χ0n) is 16.9. The van der Waals surface area contributed by atoms with Crippen molar-refractivity contribution in [3.63, 3.8) is 0 Å². The van der Waals surface area contributed by atoms with Crippen molar-refractivity contribution in [3.05, 3.63) is 0 Å². The number of amides is 1. The van der Waals surface area contributed by atoms with Gasteiger partial charge in [0.15, 0.2) is 0 Å². The van der Waals surface area contributed by atoms with Crippen LogP contribution in [0.3, 0.4) is 0 Å². The zero-order valence-corrected chi connectivity index (χ0v) is 16.9. The van der Waals surface area contributed by atoms with Crippen molar-refractivity contribution < 1.29 is 23.5 Å². The summed E-state index contributed by atoms with van der Waals surface area (Å²) in [7, 11) is 0. The lowest BCUT2D eigenvalue weighted by molar-refractivity contribution is -0.148. The third-order valence-electron chi connectivity index (χ3n) is 3.86. The van der Waals surface area contributed by atoms with Gasteiger partial charge in [-0.25, -0.2) is 14.0 Å². The van der Waals surface area contributed by atoms with Crippen molar-refractivity contribution >= 4 is 12.1 Å². The lowest BCUT2D eigenvalue weighted by Crippen LogP contribution is -2.44. The van der Waals surface area contributed by atoms with Crippen molar-refractivity contribution in [2.24, 2.45) is 5.92 Å². The minimum Gasteiger partial charge on any atom is -0.464 e. The van der Waals surface area contributed by atoms with Gasteiger partial charge >= 0.3 is 12.1 Å². The van der Waals surface area contributed by atoms with Crippen LogP contribution in [-0.4, -0.2) is 36.0 Å². The van der Waals surface area contributed by atoms with Gasteiger partial charge in [-0.2, -0.15) is 0 Å². The maximum atomic E-state index is 13.6. The summed E-state index contributed by atoms with van der Waals surface area (Å²) in [5, 5.41) is 2.56. The molecule has 0 saturated carbocycles. The van der Waals surface area contributed by atoms with Crippen LogP contribution in [0.4, 0.5) is 9.18 Å². The summed E-state index contributed by atoms with van der Waals surface area (Å²) in [5.41, 5.74) is -1.97. The number of rotatable bonds is 10. The number of esters is 1. The van der Waals surface area contributed by atoms with E-state index in [4.69, 9.17) is 9.47 Å². The molecule has 0 aromatic rings. The van der Waals surface area contributed by atoms with Gasteiger partial charge in [-0.1, -0.05) is 26.7 Å². The van der Waals surface area contributed by atoms with E-state index >= 15 is 0 Å². The van der Waals surface area contributed by atoms with E-state index < -0.39 is 29.4 Å². The van der Waals surface area contributed by atoms with Gasteiger partial charge in [0.2, 0.25) is 0 Å². The predicted octanol–water partition coefficient (Wildman–Crippen LogP) is 4.78. The fourth-order valence-corrected chi connectivity index (χ4v) is 2.25. The van der Waals surface area contributed by atoms with E-state index in [9.17, 15) is 14.0 Å². The zero-order chi connectivity index (χ0) is 19.7. The number of alkyl halides is 1. The number of halogens is 1. The van der Waals surface area contributed by atoms with E-state index in [1.165, 1.54) is 13.8 Å². The fraction of sp³-hybridized carbons (Fsp3) is 0.895. The van der Waals surface area contributed by atoms with Gasteiger partial charge in [0, 0.05) is 0 Å². The molecular weight excluding hydrogens is 325 g/mol. The van der Waals surface area contributed by atoms with Gasteiger partial charge in [-0.05, 0) is 59.8 Å². The van der Waals surface area contributed by atoms with Crippen LogP contribution in [0.1, 0.15) is 80.6 Å². The second-order valence-electron chi connectivity index (χ2n) is 8.12. The van der Waals surface area contributed by atoms with E-state index in [-0.39, 0.29) is 0 Å². The van der Waals surface area contributed by atoms with Gasteiger partial charge < -0.3 is 14.8 Å². The van der Waals surface area contributed by atoms with Crippen LogP contribution in [0.25, 0.3) is 0 Å². The molecule has 0 aliphatic heterocycles. The molecule has 0 aliphatic rings. The number of nitrogens with one attached hydrogen (secondary N) is 1. The van der Waals surface area contributed by atoms with Crippen molar-refractivity contribution in [2.75, 3.05) is 6.61 Å². The maximum absolute atomic E-state index is 13.6. The van der Waals surface area contributed by atoms with Gasteiger partial charge in [0.1, 0.15) is 17.3 Å². The summed E-state index contributed by atoms with van der Waals surface area (Å²) in [6.45, 7) is 12.6. The molecule has 148 valence electrons. The molecule has 0 aromatic heterocycles. The van der Waals surface area contributed by atoms with Gasteiger partial charge in [0.05, 0.1) is 6.61 Å². The molecule has 0 radical (unpaired) electrons. The molecule has 0 spiro atoms. The number of carbonyl (C=O) groups excluding carboxylic acids is 2. The quantitative estimate of drug-likeness (QED) is 0.569. The van der Waals surface area contributed by atoms with Crippen molar-refractivity contribution in [1.29, 1.82) is 0 Å². The summed E-state index contributed by atoms with van der Waals surface area (Å²) < 4.78 is 24.2. The molecule has 0 aromatic carbocycles. The molecule has 1 atom stereocenters. The molecular formula is C19H36FNO4. The van der Waals surface area contributed by atoms with Crippen LogP contribution < -0.4 is 5.32 Å². The minimum atomic E-state index is -1.31. The molecule has 0 aliphatic carbocycles. The molecule has 1 N–H and O–H groups in total. The average Bonchev–Trinajstić information content (AvgIpc) is 2.43. The highest BCUT2D eigenvalue weighted by Crippen LogP contribution is 2.19. The van der Waals surface area contributed by atoms with Gasteiger partial charge in [0.25, 0.3) is 0 Å². The molecule has 0 rings (SSSR count). The molecule has 1 amide bonds. The highest BCUT2D eigenvalue weighted by Gasteiger charge is 2.27. The second-order valence-corrected chi connectivity index (χ2v) is 8.12. The minimum absolute atomic E-state index is 0.302. The normalized spacial score (nSPS) is 13.5. The SMILES string of the molecule is CCC(CC)COC(=O)[C@H](CCCC(C)(C)F)NC(=O)OC(C)(C)C. The topological polar surface area (TPSA) is 64.6 Å². The predicted molar refractivity (Wildman–Crippen MR) is 97.2 cm³/mol. The second kappa shape index (κ2) is 10.6. The van der Waals surface area contributed by atoms with Gasteiger partial charge in [-0.3, -0.25) is 0 Å². The first-order valence-corrected chi connectivity index (χ1v) is 9.23. The summed E-state index contributed by atoms with van der Waals surface area (Å²) in [5.74, 6) is -0.190. The molecule has 0 saturated heterocycles. The molecule has 0 heterocycles. The Morgan fingerprint density at radius 3 is 2.08 bits per heavy atom. The Hall–Kier alpha value is -1.33. The number of ether oxygens (including phenoxy) is 2. The Bertz CT molecular complexity index is 409. The van der Waals surface area contributed by atoms with Crippen LogP contribution in [-0.2, 0) is 14.3 Å². The summed E-state index contributed by atoms with van der Waals surface area (Å²) in [6, 6.07) is -0.827. The largest absolute Gasteiger partial charge is 0.464 e. The first-order chi connectivity index (χ1) is 11.4. The number of alkyl carbamates (subject to hydrolysis) is 1. The van der Waals surface area contributed by atoms with E-state index in [2.05, 4.69) is 5.32 Å². The molecule has 0 unspecified atom stereocenters. The lowest BCUT2D eigenvalue weighted by Gasteiger charge is -2.24. The van der Waals surface area contributed by atoms with Crippen molar-refractivity contribution in [1.82, 2.24) is 5.32 Å². The first-order valence-electron chi connectivity index (χ1n) is 9.23. The third kappa shape index (κ3) is 12.7. The van der Waals surface area contributed by atoms with Crippen LogP contribution in [0.2, 0.25) is 0 Å². The molecule has 6 heteroatoms. The van der Waals surface area contributed by atoms with Crippen molar-refractivity contribution in [2.45, 2.75) is 97.9 Å². The maximum Gasteiger partial charge on any atom is 0.408 e. The Kier molecular flexibility index (Phi) is 10.0.